The van der Waals surface area contributed by atoms with Crippen LogP contribution in [0.15, 0.2) is 36.2 Å². The highest BCUT2D eigenvalue weighted by Gasteiger charge is 2.28. The first-order valence-corrected chi connectivity index (χ1v) is 5.60. The molecule has 1 aliphatic carbocycles. The smallest absolute Gasteiger partial charge is 0.147 e. The van der Waals surface area contributed by atoms with E-state index in [0.29, 0.717) is 17.0 Å². The molecular formula is C13H12ClF2N. The summed E-state index contributed by atoms with van der Waals surface area (Å²) in [6.45, 7) is 1.91. The van der Waals surface area contributed by atoms with Gasteiger partial charge in [-0.25, -0.2) is 8.78 Å². The van der Waals surface area contributed by atoms with Crippen LogP contribution in [-0.4, -0.2) is 0 Å². The van der Waals surface area contributed by atoms with Crippen molar-refractivity contribution in [2.45, 2.75) is 18.8 Å². The third-order valence-electron chi connectivity index (χ3n) is 3.03. The van der Waals surface area contributed by atoms with Crippen LogP contribution in [0, 0.1) is 5.82 Å². The van der Waals surface area contributed by atoms with Gasteiger partial charge in [-0.2, -0.15) is 0 Å². The van der Waals surface area contributed by atoms with Crippen LogP contribution in [0.3, 0.4) is 0 Å². The third kappa shape index (κ3) is 2.20. The molecule has 0 radical (unpaired) electrons. The zero-order valence-electron chi connectivity index (χ0n) is 9.31. The summed E-state index contributed by atoms with van der Waals surface area (Å²) in [4.78, 5) is 0. The summed E-state index contributed by atoms with van der Waals surface area (Å²) in [5.41, 5.74) is 5.84. The van der Waals surface area contributed by atoms with Gasteiger partial charge in [0, 0.05) is 10.4 Å². The van der Waals surface area contributed by atoms with Crippen LogP contribution in [0.1, 0.15) is 18.9 Å². The zero-order valence-corrected chi connectivity index (χ0v) is 10.1. The number of halogens is 3. The van der Waals surface area contributed by atoms with Gasteiger partial charge >= 0.3 is 0 Å². The number of hydrogen-bond donors (Lipinski definition) is 1. The minimum atomic E-state index is -0.538. The lowest BCUT2D eigenvalue weighted by Crippen LogP contribution is -2.21. The Kier molecular flexibility index (Phi) is 2.96. The second-order valence-corrected chi connectivity index (χ2v) is 4.80. The molecule has 1 atom stereocenters. The van der Waals surface area contributed by atoms with Crippen LogP contribution in [0.25, 0.3) is 0 Å². The van der Waals surface area contributed by atoms with E-state index < -0.39 is 11.2 Å². The molecule has 90 valence electrons. The lowest BCUT2D eigenvalue weighted by Gasteiger charge is -2.28. The van der Waals surface area contributed by atoms with Gasteiger partial charge < -0.3 is 5.73 Å². The minimum Gasteiger partial charge on any atom is -0.396 e. The average Bonchev–Trinajstić information content (AvgIpc) is 2.28. The first-order valence-electron chi connectivity index (χ1n) is 5.22. The fourth-order valence-corrected chi connectivity index (χ4v) is 2.28. The monoisotopic (exact) mass is 255 g/mol. The fraction of sp³-hybridized carbons (Fsp3) is 0.231. The Morgan fingerprint density at radius 2 is 2.06 bits per heavy atom. The summed E-state index contributed by atoms with van der Waals surface area (Å²) in [6.07, 6.45) is 5.07. The Labute approximate surface area is 104 Å². The molecule has 1 aliphatic rings. The molecule has 0 aliphatic heterocycles. The number of anilines is 1. The van der Waals surface area contributed by atoms with Gasteiger partial charge in [0.1, 0.15) is 11.6 Å². The van der Waals surface area contributed by atoms with Gasteiger partial charge in [-0.15, -0.1) is 0 Å². The highest BCUT2D eigenvalue weighted by Crippen LogP contribution is 2.39. The van der Waals surface area contributed by atoms with Crippen molar-refractivity contribution in [1.82, 2.24) is 0 Å². The second kappa shape index (κ2) is 4.15. The lowest BCUT2D eigenvalue weighted by molar-refractivity contribution is 0.561. The summed E-state index contributed by atoms with van der Waals surface area (Å²) in [5, 5.41) is 0.305. The van der Waals surface area contributed by atoms with Crippen LogP contribution in [0.4, 0.5) is 14.5 Å². The standard InChI is InChI=1S/C13H12ClF2N/c1-13(4-2-8(15)3-5-13)9-6-12(17)11(16)7-10(9)14/h2-4,6-7H,5,17H2,1H3. The number of benzene rings is 1. The fourth-order valence-electron chi connectivity index (χ4n) is 1.91. The van der Waals surface area contributed by atoms with E-state index in [2.05, 4.69) is 0 Å². The maximum atomic E-state index is 13.2. The van der Waals surface area contributed by atoms with Gasteiger partial charge in [0.05, 0.1) is 5.69 Å². The average molecular weight is 256 g/mol. The maximum Gasteiger partial charge on any atom is 0.147 e. The number of rotatable bonds is 1. The molecule has 0 fully saturated rings. The van der Waals surface area contributed by atoms with Crippen molar-refractivity contribution in [3.8, 4) is 0 Å². The van der Waals surface area contributed by atoms with Crippen molar-refractivity contribution in [3.63, 3.8) is 0 Å². The third-order valence-corrected chi connectivity index (χ3v) is 3.35. The van der Waals surface area contributed by atoms with Crippen molar-refractivity contribution >= 4 is 17.3 Å². The highest BCUT2D eigenvalue weighted by molar-refractivity contribution is 6.31. The summed E-state index contributed by atoms with van der Waals surface area (Å²) in [6, 6.07) is 2.71. The van der Waals surface area contributed by atoms with Crippen molar-refractivity contribution in [3.05, 3.63) is 52.6 Å². The molecule has 2 rings (SSSR count). The largest absolute Gasteiger partial charge is 0.396 e. The minimum absolute atomic E-state index is 0.0500. The number of hydrogen-bond acceptors (Lipinski definition) is 1. The molecule has 1 aromatic carbocycles. The van der Waals surface area contributed by atoms with E-state index in [-0.39, 0.29) is 11.5 Å². The molecule has 1 unspecified atom stereocenters. The topological polar surface area (TPSA) is 26.0 Å². The van der Waals surface area contributed by atoms with Gasteiger partial charge in [-0.1, -0.05) is 24.6 Å². The predicted octanol–water partition coefficient (Wildman–Crippen LogP) is 4.13. The van der Waals surface area contributed by atoms with Gasteiger partial charge in [0.2, 0.25) is 0 Å². The Bertz CT molecular complexity index is 522. The van der Waals surface area contributed by atoms with Gasteiger partial charge in [0.15, 0.2) is 0 Å². The normalized spacial score (nSPS) is 23.6. The summed E-state index contributed by atoms with van der Waals surface area (Å²) in [7, 11) is 0. The molecule has 4 heteroatoms. The van der Waals surface area contributed by atoms with E-state index in [1.54, 1.807) is 6.08 Å². The van der Waals surface area contributed by atoms with Gasteiger partial charge in [-0.05, 0) is 36.3 Å². The van der Waals surface area contributed by atoms with Crippen LogP contribution in [-0.2, 0) is 5.41 Å². The summed E-state index contributed by atoms with van der Waals surface area (Å²) >= 11 is 6.02. The van der Waals surface area contributed by atoms with Crippen molar-refractivity contribution in [2.75, 3.05) is 5.73 Å². The van der Waals surface area contributed by atoms with E-state index in [1.807, 2.05) is 6.92 Å². The first kappa shape index (κ1) is 12.1. The maximum absolute atomic E-state index is 13.2. The quantitative estimate of drug-likeness (QED) is 0.750. The van der Waals surface area contributed by atoms with Crippen LogP contribution < -0.4 is 5.73 Å². The molecule has 0 aromatic heterocycles. The number of allylic oxidation sites excluding steroid dienone is 4. The number of nitrogen functional groups attached to an aromatic ring is 1. The Hall–Kier alpha value is -1.35. The Balaban J connectivity index is 2.48. The predicted molar refractivity (Wildman–Crippen MR) is 66.1 cm³/mol. The summed E-state index contributed by atoms with van der Waals surface area (Å²) in [5.74, 6) is -0.808. The molecule has 0 bridgehead atoms. The molecule has 17 heavy (non-hydrogen) atoms. The van der Waals surface area contributed by atoms with Crippen molar-refractivity contribution in [1.29, 1.82) is 0 Å². The van der Waals surface area contributed by atoms with Crippen LogP contribution >= 0.6 is 11.6 Å². The molecule has 0 heterocycles. The van der Waals surface area contributed by atoms with Gasteiger partial charge in [0.25, 0.3) is 0 Å². The molecule has 1 aromatic rings. The molecule has 0 saturated carbocycles. The summed E-state index contributed by atoms with van der Waals surface area (Å²) < 4.78 is 26.2. The molecule has 0 amide bonds. The van der Waals surface area contributed by atoms with Crippen LogP contribution in [0.5, 0.6) is 0 Å². The lowest BCUT2D eigenvalue weighted by atomic mass is 9.77. The molecule has 0 spiro atoms. The van der Waals surface area contributed by atoms with E-state index in [1.165, 1.54) is 24.3 Å². The molecule has 2 N–H and O–H groups in total. The van der Waals surface area contributed by atoms with Crippen LogP contribution in [0.2, 0.25) is 5.02 Å². The molecule has 0 saturated heterocycles. The van der Waals surface area contributed by atoms with Crippen molar-refractivity contribution < 1.29 is 8.78 Å². The van der Waals surface area contributed by atoms with E-state index in [9.17, 15) is 8.78 Å². The van der Waals surface area contributed by atoms with E-state index >= 15 is 0 Å². The zero-order chi connectivity index (χ0) is 12.6. The SMILES string of the molecule is CC1(c2cc(N)c(F)cc2Cl)C=CC(F)=CC1. The van der Waals surface area contributed by atoms with Gasteiger partial charge in [-0.3, -0.25) is 0 Å². The Morgan fingerprint density at radius 3 is 2.65 bits per heavy atom. The first-order chi connectivity index (χ1) is 7.92. The highest BCUT2D eigenvalue weighted by atomic mass is 35.5. The molecular weight excluding hydrogens is 244 g/mol. The van der Waals surface area contributed by atoms with Crippen molar-refractivity contribution in [2.24, 2.45) is 0 Å². The second-order valence-electron chi connectivity index (χ2n) is 4.40. The molecule has 1 nitrogen and oxygen atoms in total. The Morgan fingerprint density at radius 1 is 1.35 bits per heavy atom. The van der Waals surface area contributed by atoms with E-state index in [0.717, 1.165) is 0 Å². The number of nitrogens with two attached hydrogens (primary N) is 1. The van der Waals surface area contributed by atoms with E-state index in [4.69, 9.17) is 17.3 Å².